The van der Waals surface area contributed by atoms with Gasteiger partial charge in [0.1, 0.15) is 0 Å². The van der Waals surface area contributed by atoms with E-state index in [9.17, 15) is 13.6 Å². The normalized spacial score (nSPS) is 20.4. The van der Waals surface area contributed by atoms with Crippen LogP contribution in [-0.4, -0.2) is 36.5 Å². The van der Waals surface area contributed by atoms with Gasteiger partial charge in [0.25, 0.3) is 5.91 Å². The summed E-state index contributed by atoms with van der Waals surface area (Å²) in [4.78, 5) is 13.8. The smallest absolute Gasteiger partial charge is 0.254 e. The average Bonchev–Trinajstić information content (AvgIpc) is 2.32. The number of piperazine rings is 1. The molecule has 1 aliphatic heterocycles. The summed E-state index contributed by atoms with van der Waals surface area (Å²) < 4.78 is 25.8. The molecule has 1 heterocycles. The minimum absolute atomic E-state index is 0.0596. The van der Waals surface area contributed by atoms with E-state index < -0.39 is 11.6 Å². The van der Waals surface area contributed by atoms with Gasteiger partial charge in [-0.15, -0.1) is 0 Å². The Kier molecular flexibility index (Phi) is 3.38. The Labute approximate surface area is 98.4 Å². The highest BCUT2D eigenvalue weighted by Gasteiger charge is 2.24. The Bertz CT molecular complexity index is 437. The molecule has 1 aliphatic rings. The second-order valence-corrected chi connectivity index (χ2v) is 4.18. The summed E-state index contributed by atoms with van der Waals surface area (Å²) >= 11 is 0. The van der Waals surface area contributed by atoms with Crippen LogP contribution in [0, 0.1) is 11.6 Å². The van der Waals surface area contributed by atoms with Crippen LogP contribution in [0.3, 0.4) is 0 Å². The first-order valence-corrected chi connectivity index (χ1v) is 5.56. The number of halogens is 2. The summed E-state index contributed by atoms with van der Waals surface area (Å²) in [5.74, 6) is -2.17. The second kappa shape index (κ2) is 4.79. The van der Waals surface area contributed by atoms with Gasteiger partial charge < -0.3 is 10.2 Å². The third-order valence-electron chi connectivity index (χ3n) is 2.93. The molecule has 17 heavy (non-hydrogen) atoms. The van der Waals surface area contributed by atoms with Crippen LogP contribution in [0.4, 0.5) is 8.78 Å². The molecule has 0 aliphatic carbocycles. The monoisotopic (exact) mass is 240 g/mol. The second-order valence-electron chi connectivity index (χ2n) is 4.18. The maximum absolute atomic E-state index is 13.0. The van der Waals surface area contributed by atoms with Crippen molar-refractivity contribution in [3.05, 3.63) is 35.4 Å². The van der Waals surface area contributed by atoms with Crippen molar-refractivity contribution in [1.29, 1.82) is 0 Å². The van der Waals surface area contributed by atoms with Gasteiger partial charge in [-0.3, -0.25) is 4.79 Å². The van der Waals surface area contributed by atoms with Gasteiger partial charge in [0.15, 0.2) is 11.6 Å². The van der Waals surface area contributed by atoms with Gasteiger partial charge in [0, 0.05) is 31.2 Å². The van der Waals surface area contributed by atoms with Crippen molar-refractivity contribution in [3.63, 3.8) is 0 Å². The lowest BCUT2D eigenvalue weighted by molar-refractivity contribution is 0.0655. The lowest BCUT2D eigenvalue weighted by Gasteiger charge is -2.34. The summed E-state index contributed by atoms with van der Waals surface area (Å²) in [7, 11) is 0. The molecule has 0 unspecified atom stereocenters. The summed E-state index contributed by atoms with van der Waals surface area (Å²) in [6, 6.07) is 3.31. The molecular weight excluding hydrogens is 226 g/mol. The quantitative estimate of drug-likeness (QED) is 0.804. The Morgan fingerprint density at radius 2 is 2.18 bits per heavy atom. The van der Waals surface area contributed by atoms with E-state index in [1.54, 1.807) is 4.90 Å². The first-order valence-electron chi connectivity index (χ1n) is 5.56. The Balaban J connectivity index is 2.21. The van der Waals surface area contributed by atoms with Gasteiger partial charge >= 0.3 is 0 Å². The molecule has 2 rings (SSSR count). The molecule has 5 heteroatoms. The number of carbonyl (C=O) groups excluding carboxylic acids is 1. The topological polar surface area (TPSA) is 32.3 Å². The van der Waals surface area contributed by atoms with Crippen molar-refractivity contribution < 1.29 is 13.6 Å². The van der Waals surface area contributed by atoms with E-state index in [4.69, 9.17) is 0 Å². The average molecular weight is 240 g/mol. The Hall–Kier alpha value is -1.49. The highest BCUT2D eigenvalue weighted by Crippen LogP contribution is 2.13. The van der Waals surface area contributed by atoms with E-state index in [0.717, 1.165) is 25.2 Å². The molecule has 1 amide bonds. The zero-order valence-corrected chi connectivity index (χ0v) is 9.54. The van der Waals surface area contributed by atoms with Crippen molar-refractivity contribution in [3.8, 4) is 0 Å². The molecule has 1 aromatic rings. The number of nitrogens with zero attached hydrogens (tertiary/aromatic N) is 1. The predicted molar refractivity (Wildman–Crippen MR) is 59.7 cm³/mol. The van der Waals surface area contributed by atoms with E-state index in [2.05, 4.69) is 5.32 Å². The van der Waals surface area contributed by atoms with E-state index in [0.29, 0.717) is 6.54 Å². The number of hydrogen-bond donors (Lipinski definition) is 1. The van der Waals surface area contributed by atoms with Gasteiger partial charge in [-0.25, -0.2) is 8.78 Å². The van der Waals surface area contributed by atoms with Crippen molar-refractivity contribution in [1.82, 2.24) is 10.2 Å². The van der Waals surface area contributed by atoms with Crippen LogP contribution in [0.5, 0.6) is 0 Å². The fraction of sp³-hybridized carbons (Fsp3) is 0.417. The lowest BCUT2D eigenvalue weighted by Crippen LogP contribution is -2.52. The van der Waals surface area contributed by atoms with Crippen molar-refractivity contribution >= 4 is 5.91 Å². The van der Waals surface area contributed by atoms with Crippen LogP contribution < -0.4 is 5.32 Å². The fourth-order valence-electron chi connectivity index (χ4n) is 1.94. The van der Waals surface area contributed by atoms with Crippen LogP contribution >= 0.6 is 0 Å². The third-order valence-corrected chi connectivity index (χ3v) is 2.93. The Morgan fingerprint density at radius 3 is 2.82 bits per heavy atom. The minimum Gasteiger partial charge on any atom is -0.333 e. The molecule has 1 saturated heterocycles. The lowest BCUT2D eigenvalue weighted by atomic mass is 10.1. The van der Waals surface area contributed by atoms with Gasteiger partial charge in [-0.1, -0.05) is 0 Å². The number of carbonyl (C=O) groups is 1. The highest BCUT2D eigenvalue weighted by molar-refractivity contribution is 5.94. The SMILES string of the molecule is C[C@@H]1CNCCN1C(=O)c1ccc(F)c(F)c1. The van der Waals surface area contributed by atoms with E-state index in [1.807, 2.05) is 6.92 Å². The molecule has 92 valence electrons. The predicted octanol–water partition coefficient (Wildman–Crippen LogP) is 1.40. The molecule has 0 bridgehead atoms. The summed E-state index contributed by atoms with van der Waals surface area (Å²) in [6.07, 6.45) is 0. The maximum atomic E-state index is 13.0. The first kappa shape index (κ1) is 12.0. The molecule has 0 radical (unpaired) electrons. The molecule has 0 spiro atoms. The molecule has 0 saturated carbocycles. The summed E-state index contributed by atoms with van der Waals surface area (Å²) in [6.45, 7) is 3.94. The highest BCUT2D eigenvalue weighted by atomic mass is 19.2. The molecule has 3 nitrogen and oxygen atoms in total. The number of nitrogens with one attached hydrogen (secondary N) is 1. The standard InChI is InChI=1S/C12H14F2N2O/c1-8-7-15-4-5-16(8)12(17)9-2-3-10(13)11(14)6-9/h2-3,6,8,15H,4-5,7H2,1H3/t8-/m1/s1. The molecular formula is C12H14F2N2O. The summed E-state index contributed by atoms with van der Waals surface area (Å²) in [5, 5.41) is 3.16. The van der Waals surface area contributed by atoms with Crippen LogP contribution in [0.25, 0.3) is 0 Å². The Morgan fingerprint density at radius 1 is 1.41 bits per heavy atom. The number of rotatable bonds is 1. The molecule has 1 aromatic carbocycles. The van der Waals surface area contributed by atoms with Crippen molar-refractivity contribution in [2.75, 3.05) is 19.6 Å². The molecule has 1 atom stereocenters. The number of hydrogen-bond acceptors (Lipinski definition) is 2. The van der Waals surface area contributed by atoms with E-state index >= 15 is 0 Å². The largest absolute Gasteiger partial charge is 0.333 e. The van der Waals surface area contributed by atoms with Gasteiger partial charge in [0.2, 0.25) is 0 Å². The van der Waals surface area contributed by atoms with Gasteiger partial charge in [0.05, 0.1) is 0 Å². The number of benzene rings is 1. The fourth-order valence-corrected chi connectivity index (χ4v) is 1.94. The summed E-state index contributed by atoms with van der Waals surface area (Å²) in [5.41, 5.74) is 0.192. The van der Waals surface area contributed by atoms with Crippen LogP contribution in [-0.2, 0) is 0 Å². The van der Waals surface area contributed by atoms with Crippen LogP contribution in [0.15, 0.2) is 18.2 Å². The van der Waals surface area contributed by atoms with Gasteiger partial charge in [-0.2, -0.15) is 0 Å². The van der Waals surface area contributed by atoms with Crippen molar-refractivity contribution in [2.24, 2.45) is 0 Å². The molecule has 0 aromatic heterocycles. The van der Waals surface area contributed by atoms with Crippen LogP contribution in [0.2, 0.25) is 0 Å². The van der Waals surface area contributed by atoms with Crippen molar-refractivity contribution in [2.45, 2.75) is 13.0 Å². The molecule has 1 N–H and O–H groups in total. The third kappa shape index (κ3) is 2.44. The maximum Gasteiger partial charge on any atom is 0.254 e. The zero-order valence-electron chi connectivity index (χ0n) is 9.54. The molecule has 1 fully saturated rings. The number of amides is 1. The van der Waals surface area contributed by atoms with E-state index in [1.165, 1.54) is 6.07 Å². The minimum atomic E-state index is -0.987. The van der Waals surface area contributed by atoms with Gasteiger partial charge in [-0.05, 0) is 25.1 Å². The zero-order chi connectivity index (χ0) is 12.4. The van der Waals surface area contributed by atoms with E-state index in [-0.39, 0.29) is 17.5 Å². The van der Waals surface area contributed by atoms with Crippen LogP contribution in [0.1, 0.15) is 17.3 Å². The first-order chi connectivity index (χ1) is 8.09.